The lowest BCUT2D eigenvalue weighted by molar-refractivity contribution is -0.253. The van der Waals surface area contributed by atoms with Crippen molar-refractivity contribution in [3.05, 3.63) is 156 Å². The summed E-state index contributed by atoms with van der Waals surface area (Å²) >= 11 is 0. The molecule has 5 aromatic carbocycles. The molecular formula is C42H44N4O5. The summed E-state index contributed by atoms with van der Waals surface area (Å²) in [4.78, 5) is 17.8. The van der Waals surface area contributed by atoms with Crippen molar-refractivity contribution in [2.45, 2.75) is 38.1 Å². The first-order valence-corrected chi connectivity index (χ1v) is 17.6. The number of anilines is 2. The third kappa shape index (κ3) is 9.61. The Morgan fingerprint density at radius 1 is 0.647 bits per heavy atom. The van der Waals surface area contributed by atoms with Crippen molar-refractivity contribution >= 4 is 17.4 Å². The van der Waals surface area contributed by atoms with Crippen LogP contribution in [0.25, 0.3) is 0 Å². The van der Waals surface area contributed by atoms with Crippen LogP contribution in [0.2, 0.25) is 0 Å². The molecule has 2 aliphatic heterocycles. The van der Waals surface area contributed by atoms with E-state index in [-0.39, 0.29) is 24.8 Å². The highest BCUT2D eigenvalue weighted by Gasteiger charge is 2.34. The zero-order chi connectivity index (χ0) is 34.8. The van der Waals surface area contributed by atoms with Gasteiger partial charge in [-0.1, -0.05) is 84.9 Å². The molecule has 3 atom stereocenters. The molecule has 5 aromatic rings. The third-order valence-electron chi connectivity index (χ3n) is 9.32. The number of aliphatic hydroxyl groups is 1. The maximum absolute atomic E-state index is 12.8. The average molecular weight is 685 g/mol. The van der Waals surface area contributed by atoms with Gasteiger partial charge in [0.05, 0.1) is 18.8 Å². The van der Waals surface area contributed by atoms with Crippen LogP contribution in [0.15, 0.2) is 133 Å². The number of aliphatic hydroxyl groups excluding tert-OH is 1. The van der Waals surface area contributed by atoms with Crippen LogP contribution in [0, 0.1) is 0 Å². The monoisotopic (exact) mass is 684 g/mol. The molecule has 0 radical (unpaired) electrons. The molecule has 9 heteroatoms. The number of nitrogens with one attached hydrogen (secondary N) is 2. The SMILES string of the molecule is O=C(Nc1ccc(Oc2ccccc2)cc1)Nc1ccc([C@@H]2O[C@H](CN3CCN(Cc4ccccc4)CC3)C[C@H](c3ccc(CO)cc3)O2)cc1. The van der Waals surface area contributed by atoms with Gasteiger partial charge in [-0.25, -0.2) is 4.79 Å². The predicted octanol–water partition coefficient (Wildman–Crippen LogP) is 7.98. The number of piperazine rings is 1. The van der Waals surface area contributed by atoms with Crippen LogP contribution < -0.4 is 15.4 Å². The maximum Gasteiger partial charge on any atom is 0.323 e. The average Bonchev–Trinajstić information content (AvgIpc) is 3.17. The van der Waals surface area contributed by atoms with E-state index in [4.69, 9.17) is 14.2 Å². The van der Waals surface area contributed by atoms with Gasteiger partial charge in [0.15, 0.2) is 6.29 Å². The van der Waals surface area contributed by atoms with Crippen LogP contribution in [0.4, 0.5) is 16.2 Å². The first-order chi connectivity index (χ1) is 25.1. The Labute approximate surface area is 299 Å². The molecule has 0 aromatic heterocycles. The Bertz CT molecular complexity index is 1810. The number of amides is 2. The molecule has 2 heterocycles. The van der Waals surface area contributed by atoms with E-state index in [0.717, 1.165) is 68.1 Å². The van der Waals surface area contributed by atoms with E-state index in [1.807, 2.05) is 91.0 Å². The lowest BCUT2D eigenvalue weighted by Crippen LogP contribution is -2.49. The molecule has 0 unspecified atom stereocenters. The number of nitrogens with zero attached hydrogens (tertiary/aromatic N) is 2. The summed E-state index contributed by atoms with van der Waals surface area (Å²) in [5.41, 5.74) is 5.46. The summed E-state index contributed by atoms with van der Waals surface area (Å²) in [7, 11) is 0. The fourth-order valence-electron chi connectivity index (χ4n) is 6.54. The number of hydrogen-bond donors (Lipinski definition) is 3. The van der Waals surface area contributed by atoms with Gasteiger partial charge in [-0.2, -0.15) is 0 Å². The number of urea groups is 1. The first-order valence-electron chi connectivity index (χ1n) is 17.6. The molecule has 2 amide bonds. The summed E-state index contributed by atoms with van der Waals surface area (Å²) in [5, 5.41) is 15.3. The topological polar surface area (TPSA) is 95.5 Å². The molecule has 2 saturated heterocycles. The van der Waals surface area contributed by atoms with Crippen LogP contribution in [0.5, 0.6) is 11.5 Å². The minimum atomic E-state index is -0.565. The molecule has 3 N–H and O–H groups in total. The van der Waals surface area contributed by atoms with Crippen LogP contribution >= 0.6 is 0 Å². The van der Waals surface area contributed by atoms with Gasteiger partial charge in [0.25, 0.3) is 0 Å². The minimum absolute atomic E-state index is 0.00478. The van der Waals surface area contributed by atoms with E-state index in [0.29, 0.717) is 17.1 Å². The van der Waals surface area contributed by atoms with Gasteiger partial charge in [-0.15, -0.1) is 0 Å². The Morgan fingerprint density at radius 2 is 1.22 bits per heavy atom. The highest BCUT2D eigenvalue weighted by Crippen LogP contribution is 2.38. The van der Waals surface area contributed by atoms with Crippen molar-refractivity contribution in [3.63, 3.8) is 0 Å². The quantitative estimate of drug-likeness (QED) is 0.130. The molecule has 0 saturated carbocycles. The van der Waals surface area contributed by atoms with E-state index in [1.54, 1.807) is 12.1 Å². The van der Waals surface area contributed by atoms with Gasteiger partial charge in [0.2, 0.25) is 0 Å². The number of carbonyl (C=O) groups excluding carboxylic acids is 1. The molecule has 2 fully saturated rings. The largest absolute Gasteiger partial charge is 0.457 e. The Kier molecular flexibility index (Phi) is 11.3. The summed E-state index contributed by atoms with van der Waals surface area (Å²) in [6, 6.07) is 42.6. The van der Waals surface area contributed by atoms with Crippen molar-refractivity contribution in [2.24, 2.45) is 0 Å². The lowest BCUT2D eigenvalue weighted by atomic mass is 9.99. The van der Waals surface area contributed by atoms with Gasteiger partial charge in [0.1, 0.15) is 11.5 Å². The molecule has 0 aliphatic carbocycles. The van der Waals surface area contributed by atoms with Gasteiger partial charge in [-0.3, -0.25) is 9.80 Å². The van der Waals surface area contributed by atoms with Crippen LogP contribution in [0.3, 0.4) is 0 Å². The van der Waals surface area contributed by atoms with Crippen molar-refractivity contribution in [2.75, 3.05) is 43.4 Å². The first kappa shape index (κ1) is 34.4. The second-order valence-electron chi connectivity index (χ2n) is 13.1. The zero-order valence-corrected chi connectivity index (χ0v) is 28.6. The van der Waals surface area contributed by atoms with Crippen molar-refractivity contribution in [3.8, 4) is 11.5 Å². The number of ether oxygens (including phenoxy) is 3. The van der Waals surface area contributed by atoms with Gasteiger partial charge < -0.3 is 30.0 Å². The van der Waals surface area contributed by atoms with Gasteiger partial charge in [-0.05, 0) is 65.2 Å². The lowest BCUT2D eigenvalue weighted by Gasteiger charge is -2.40. The van der Waals surface area contributed by atoms with E-state index in [9.17, 15) is 9.90 Å². The van der Waals surface area contributed by atoms with E-state index >= 15 is 0 Å². The molecular weight excluding hydrogens is 640 g/mol. The Balaban J connectivity index is 0.959. The number of para-hydroxylation sites is 1. The zero-order valence-electron chi connectivity index (χ0n) is 28.6. The van der Waals surface area contributed by atoms with Gasteiger partial charge >= 0.3 is 6.03 Å². The van der Waals surface area contributed by atoms with Crippen LogP contribution in [-0.4, -0.2) is 59.8 Å². The van der Waals surface area contributed by atoms with Crippen molar-refractivity contribution in [1.29, 1.82) is 0 Å². The molecule has 2 aliphatic rings. The van der Waals surface area contributed by atoms with Crippen LogP contribution in [-0.2, 0) is 22.6 Å². The second kappa shape index (κ2) is 16.8. The summed E-state index contributed by atoms with van der Waals surface area (Å²) in [6.07, 6.45) is -0.0164. The van der Waals surface area contributed by atoms with Crippen molar-refractivity contribution in [1.82, 2.24) is 9.80 Å². The van der Waals surface area contributed by atoms with E-state index in [2.05, 4.69) is 50.8 Å². The molecule has 262 valence electrons. The predicted molar refractivity (Wildman–Crippen MR) is 199 cm³/mol. The number of benzene rings is 5. The molecule has 7 rings (SSSR count). The second-order valence-corrected chi connectivity index (χ2v) is 13.1. The minimum Gasteiger partial charge on any atom is -0.457 e. The molecule has 9 nitrogen and oxygen atoms in total. The van der Waals surface area contributed by atoms with Crippen LogP contribution in [0.1, 0.15) is 41.1 Å². The third-order valence-corrected chi connectivity index (χ3v) is 9.32. The Hall–Kier alpha value is -5.03. The maximum atomic E-state index is 12.8. The summed E-state index contributed by atoms with van der Waals surface area (Å²) < 4.78 is 19.0. The normalized spacial score (nSPS) is 19.7. The standard InChI is InChI=1S/C42H44N4O5/c47-30-32-11-13-33(14-12-32)40-27-39(29-46-25-23-45(24-26-46)28-31-7-3-1-4-8-31)50-41(51-40)34-15-17-35(18-16-34)43-42(48)44-36-19-21-38(22-20-36)49-37-9-5-2-6-10-37/h1-22,39-41,47H,23-30H2,(H2,43,44,48)/t39-,40+,41+/m0/s1. The number of hydrogen-bond acceptors (Lipinski definition) is 7. The van der Waals surface area contributed by atoms with E-state index in [1.165, 1.54) is 5.56 Å². The summed E-state index contributed by atoms with van der Waals surface area (Å²) in [6.45, 7) is 5.81. The summed E-state index contributed by atoms with van der Waals surface area (Å²) in [5.74, 6) is 1.43. The highest BCUT2D eigenvalue weighted by atomic mass is 16.7. The number of carbonyl (C=O) groups is 1. The fraction of sp³-hybridized carbons (Fsp3) is 0.262. The number of rotatable bonds is 11. The molecule has 0 bridgehead atoms. The molecule has 51 heavy (non-hydrogen) atoms. The molecule has 0 spiro atoms. The smallest absolute Gasteiger partial charge is 0.323 e. The van der Waals surface area contributed by atoms with E-state index < -0.39 is 6.29 Å². The van der Waals surface area contributed by atoms with Crippen molar-refractivity contribution < 1.29 is 24.1 Å². The Morgan fingerprint density at radius 3 is 1.86 bits per heavy atom. The van der Waals surface area contributed by atoms with Gasteiger partial charge in [0, 0.05) is 62.6 Å². The fourth-order valence-corrected chi connectivity index (χ4v) is 6.54. The highest BCUT2D eigenvalue weighted by molar-refractivity contribution is 5.99.